The highest BCUT2D eigenvalue weighted by atomic mass is 32.2. The fourth-order valence-electron chi connectivity index (χ4n) is 2.45. The Morgan fingerprint density at radius 3 is 2.08 bits per heavy atom. The average molecular weight is 368 g/mol. The first-order valence-electron chi connectivity index (χ1n) is 7.37. The molecular weight excluding hydrogens is 345 g/mol. The van der Waals surface area contributed by atoms with Gasteiger partial charge in [0.1, 0.15) is 18.0 Å². The second-order valence-electron chi connectivity index (χ2n) is 6.56. The smallest absolute Gasteiger partial charge is 0.293 e. The lowest BCUT2D eigenvalue weighted by Gasteiger charge is -2.40. The number of hydrogen-bond acceptors (Lipinski definition) is 3. The zero-order valence-corrected chi connectivity index (χ0v) is 14.8. The van der Waals surface area contributed by atoms with Gasteiger partial charge in [0.15, 0.2) is 0 Å². The van der Waals surface area contributed by atoms with Gasteiger partial charge in [0, 0.05) is 11.1 Å². The lowest BCUT2D eigenvalue weighted by molar-refractivity contribution is -0.123. The van der Waals surface area contributed by atoms with Gasteiger partial charge in [-0.25, -0.2) is 13.2 Å². The molecule has 24 heavy (non-hydrogen) atoms. The summed E-state index contributed by atoms with van der Waals surface area (Å²) in [6, 6.07) is 4.65. The van der Waals surface area contributed by atoms with Gasteiger partial charge in [-0.05, 0) is 33.3 Å². The van der Waals surface area contributed by atoms with Crippen LogP contribution in [0.2, 0.25) is 0 Å². The average Bonchev–Trinajstić information content (AvgIpc) is 2.42. The Kier molecular flexibility index (Phi) is 6.08. The van der Waals surface area contributed by atoms with Crippen LogP contribution in [0.15, 0.2) is 24.3 Å². The second-order valence-corrected chi connectivity index (χ2v) is 7.97. The fraction of sp³-hybridized carbons (Fsp3) is 0.600. The first-order valence-corrected chi connectivity index (χ1v) is 8.85. The van der Waals surface area contributed by atoms with E-state index in [9.17, 15) is 21.6 Å². The van der Waals surface area contributed by atoms with Crippen molar-refractivity contribution in [3.8, 4) is 0 Å². The summed E-state index contributed by atoms with van der Waals surface area (Å²) in [5.74, 6) is -4.93. The van der Waals surface area contributed by atoms with E-state index >= 15 is 0 Å². The third kappa shape index (κ3) is 4.47. The van der Waals surface area contributed by atoms with E-state index < -0.39 is 51.6 Å². The maximum atomic E-state index is 14.5. The Morgan fingerprint density at radius 1 is 1.12 bits per heavy atom. The van der Waals surface area contributed by atoms with Crippen molar-refractivity contribution in [2.24, 2.45) is 0 Å². The molecule has 3 N–H and O–H groups in total. The maximum Gasteiger partial charge on any atom is 0.293 e. The molecule has 5 nitrogen and oxygen atoms in total. The van der Waals surface area contributed by atoms with E-state index in [2.05, 4.69) is 4.72 Å². The third-order valence-electron chi connectivity index (χ3n) is 3.44. The van der Waals surface area contributed by atoms with Crippen molar-refractivity contribution in [2.75, 3.05) is 6.61 Å². The van der Waals surface area contributed by atoms with Crippen LogP contribution in [0.5, 0.6) is 0 Å². The predicted octanol–water partition coefficient (Wildman–Crippen LogP) is 2.28. The Labute approximate surface area is 140 Å². The summed E-state index contributed by atoms with van der Waals surface area (Å²) in [6.45, 7) is 4.25. The zero-order chi connectivity index (χ0) is 18.8. The van der Waals surface area contributed by atoms with Crippen LogP contribution in [-0.2, 0) is 15.7 Å². The molecule has 138 valence electrons. The van der Waals surface area contributed by atoms with Crippen molar-refractivity contribution in [1.29, 1.82) is 0 Å². The molecule has 0 aliphatic rings. The van der Waals surface area contributed by atoms with Crippen LogP contribution >= 0.6 is 0 Å². The van der Waals surface area contributed by atoms with E-state index in [1.54, 1.807) is 0 Å². The Hall–Kier alpha value is -1.16. The van der Waals surface area contributed by atoms with Crippen LogP contribution in [-0.4, -0.2) is 31.6 Å². The van der Waals surface area contributed by atoms with E-state index in [0.29, 0.717) is 0 Å². The Morgan fingerprint density at radius 2 is 1.67 bits per heavy atom. The van der Waals surface area contributed by atoms with Crippen molar-refractivity contribution in [3.63, 3.8) is 0 Å². The highest BCUT2D eigenvalue weighted by molar-refractivity contribution is 7.87. The predicted molar refractivity (Wildman–Crippen MR) is 85.3 cm³/mol. The second kappa shape index (κ2) is 6.99. The van der Waals surface area contributed by atoms with Crippen molar-refractivity contribution in [3.05, 3.63) is 35.6 Å². The molecule has 1 rings (SSSR count). The molecule has 0 aliphatic carbocycles. The first-order chi connectivity index (χ1) is 10.8. The van der Waals surface area contributed by atoms with Crippen molar-refractivity contribution < 1.29 is 26.7 Å². The minimum Gasteiger partial charge on any atom is -0.390 e. The Balaban J connectivity index is 3.54. The number of nitrogens with one attached hydrogen (secondary N) is 2. The summed E-state index contributed by atoms with van der Waals surface area (Å²) >= 11 is 0. The van der Waals surface area contributed by atoms with E-state index in [4.69, 9.17) is 5.11 Å². The van der Waals surface area contributed by atoms with Gasteiger partial charge >= 0.3 is 0 Å². The van der Waals surface area contributed by atoms with Crippen molar-refractivity contribution >= 4 is 10.2 Å². The molecule has 0 saturated heterocycles. The van der Waals surface area contributed by atoms with Gasteiger partial charge < -0.3 is 5.11 Å². The summed E-state index contributed by atoms with van der Waals surface area (Å²) in [4.78, 5) is 0. The number of aliphatic hydroxyl groups excluding tert-OH is 1. The molecule has 0 heterocycles. The molecule has 0 amide bonds. The van der Waals surface area contributed by atoms with Gasteiger partial charge in [-0.2, -0.15) is 17.9 Å². The van der Waals surface area contributed by atoms with Crippen LogP contribution < -0.4 is 9.44 Å². The maximum absolute atomic E-state index is 14.5. The van der Waals surface area contributed by atoms with E-state index in [1.165, 1.54) is 39.8 Å². The van der Waals surface area contributed by atoms with Gasteiger partial charge in [-0.1, -0.05) is 25.1 Å². The normalized spacial score (nSPS) is 16.0. The molecular formula is C15H23F3N2O3S. The van der Waals surface area contributed by atoms with Gasteiger partial charge in [-0.3, -0.25) is 0 Å². The summed E-state index contributed by atoms with van der Waals surface area (Å²) in [5, 5.41) is 9.11. The summed E-state index contributed by atoms with van der Waals surface area (Å²) in [6.07, 6.45) is -0.480. The number of halogens is 3. The summed E-state index contributed by atoms with van der Waals surface area (Å²) in [7, 11) is -4.42. The molecule has 1 aromatic rings. The van der Waals surface area contributed by atoms with Gasteiger partial charge in [0.2, 0.25) is 0 Å². The molecule has 0 spiro atoms. The van der Waals surface area contributed by atoms with Gasteiger partial charge in [0.25, 0.3) is 16.1 Å². The van der Waals surface area contributed by atoms with Crippen molar-refractivity contribution in [1.82, 2.24) is 9.44 Å². The molecule has 0 bridgehead atoms. The lowest BCUT2D eigenvalue weighted by atomic mass is 9.82. The van der Waals surface area contributed by atoms with E-state index in [0.717, 1.165) is 12.1 Å². The van der Waals surface area contributed by atoms with E-state index in [-0.39, 0.29) is 0 Å². The van der Waals surface area contributed by atoms with Gasteiger partial charge in [0.05, 0.1) is 0 Å². The minimum atomic E-state index is -4.42. The highest BCUT2D eigenvalue weighted by Gasteiger charge is 2.56. The molecule has 1 aromatic carbocycles. The fourth-order valence-corrected chi connectivity index (χ4v) is 4.17. The van der Waals surface area contributed by atoms with Crippen LogP contribution in [0.4, 0.5) is 13.2 Å². The zero-order valence-electron chi connectivity index (χ0n) is 14.0. The minimum absolute atomic E-state index is 0.480. The molecule has 0 saturated carbocycles. The third-order valence-corrected chi connectivity index (χ3v) is 4.93. The first kappa shape index (κ1) is 20.9. The molecule has 0 radical (unpaired) electrons. The van der Waals surface area contributed by atoms with Crippen LogP contribution in [0.3, 0.4) is 0 Å². The quantitative estimate of drug-likeness (QED) is 0.691. The number of rotatable bonds is 7. The van der Waals surface area contributed by atoms with Crippen molar-refractivity contribution in [2.45, 2.75) is 51.1 Å². The van der Waals surface area contributed by atoms with Crippen LogP contribution in [0, 0.1) is 5.82 Å². The number of hydrogen-bond donors (Lipinski definition) is 3. The number of aliphatic hydroxyl groups is 1. The highest BCUT2D eigenvalue weighted by Crippen LogP contribution is 2.41. The monoisotopic (exact) mass is 368 g/mol. The van der Waals surface area contributed by atoms with E-state index in [1.807, 2.05) is 4.72 Å². The van der Waals surface area contributed by atoms with Gasteiger partial charge in [-0.15, -0.1) is 0 Å². The Bertz CT molecular complexity index is 675. The topological polar surface area (TPSA) is 78.4 Å². The largest absolute Gasteiger partial charge is 0.390 e. The lowest BCUT2D eigenvalue weighted by Crippen LogP contribution is -2.62. The molecule has 0 aromatic heterocycles. The molecule has 0 fully saturated rings. The summed E-state index contributed by atoms with van der Waals surface area (Å²) in [5.41, 5.74) is -4.11. The molecule has 0 aliphatic heterocycles. The molecule has 9 heteroatoms. The summed E-state index contributed by atoms with van der Waals surface area (Å²) < 4.78 is 71.9. The molecule has 1 atom stereocenters. The number of benzene rings is 1. The van der Waals surface area contributed by atoms with Crippen LogP contribution in [0.25, 0.3) is 0 Å². The number of alkyl halides is 2. The molecule has 0 unspecified atom stereocenters. The SMILES string of the molecule is CC[C@@](NS(=O)(=O)NC(C)(C)C)(c1ccccc1F)C(F)(F)CO. The standard InChI is InChI=1S/C15H23F3N2O3S/c1-5-14(15(17,18)10-21,11-8-6-7-9-12(11)16)20-24(22,23)19-13(2,3)4/h6-9,19-21H,5,10H2,1-4H3/t14-/m1/s1. The van der Waals surface area contributed by atoms with Crippen LogP contribution in [0.1, 0.15) is 39.7 Å².